The van der Waals surface area contributed by atoms with Crippen LogP contribution in [0.2, 0.25) is 0 Å². The molecule has 1 amide bonds. The van der Waals surface area contributed by atoms with Crippen LogP contribution in [-0.4, -0.2) is 24.1 Å². The van der Waals surface area contributed by atoms with Crippen LogP contribution < -0.4 is 5.32 Å². The summed E-state index contributed by atoms with van der Waals surface area (Å²) in [7, 11) is 1.53. The minimum atomic E-state index is -0.361. The molecule has 0 fully saturated rings. The molecular weight excluding hydrogens is 286 g/mol. The van der Waals surface area contributed by atoms with Gasteiger partial charge in [0.25, 0.3) is 5.91 Å². The van der Waals surface area contributed by atoms with E-state index < -0.39 is 0 Å². The van der Waals surface area contributed by atoms with Crippen molar-refractivity contribution in [3.05, 3.63) is 41.0 Å². The van der Waals surface area contributed by atoms with Crippen LogP contribution in [0.25, 0.3) is 5.57 Å². The van der Waals surface area contributed by atoms with E-state index in [0.29, 0.717) is 11.1 Å². The average Bonchev–Trinajstić information content (AvgIpc) is 2.79. The van der Waals surface area contributed by atoms with Gasteiger partial charge in [-0.1, -0.05) is 44.5 Å². The molecule has 2 rings (SSSR count). The average molecular weight is 306 g/mol. The molecule has 2 unspecified atom stereocenters. The van der Waals surface area contributed by atoms with Gasteiger partial charge in [0.1, 0.15) is 0 Å². The number of hydrogen-bond donors (Lipinski definition) is 1. The lowest BCUT2D eigenvalue weighted by molar-refractivity contribution is -0.116. The molecule has 0 heterocycles. The third kappa shape index (κ3) is 2.75. The number of ketones is 1. The van der Waals surface area contributed by atoms with Crippen LogP contribution in [0.4, 0.5) is 0 Å². The standard InChI is InChI=1S/C17H20ClNO2/c1-4-7-10(2)15(18)13-11-8-5-6-9-12(11)16(20)14(13)17(21)19-3/h5-6,8-10,15H,4,7H2,1-3H3,(H,19,21). The summed E-state index contributed by atoms with van der Waals surface area (Å²) in [6, 6.07) is 7.29. The van der Waals surface area contributed by atoms with E-state index in [1.807, 2.05) is 12.1 Å². The molecule has 0 spiro atoms. The molecule has 2 atom stereocenters. The smallest absolute Gasteiger partial charge is 0.255 e. The van der Waals surface area contributed by atoms with Gasteiger partial charge in [0, 0.05) is 12.6 Å². The van der Waals surface area contributed by atoms with E-state index in [9.17, 15) is 9.59 Å². The van der Waals surface area contributed by atoms with E-state index in [4.69, 9.17) is 11.6 Å². The van der Waals surface area contributed by atoms with Crippen molar-refractivity contribution >= 4 is 28.9 Å². The fraction of sp³-hybridized carbons (Fsp3) is 0.412. The number of halogens is 1. The Labute approximate surface area is 130 Å². The first-order valence-corrected chi connectivity index (χ1v) is 7.70. The molecule has 1 aromatic carbocycles. The maximum atomic E-state index is 12.5. The first-order chi connectivity index (χ1) is 10.0. The third-order valence-electron chi connectivity index (χ3n) is 3.93. The molecule has 0 saturated carbocycles. The maximum Gasteiger partial charge on any atom is 0.255 e. The topological polar surface area (TPSA) is 46.2 Å². The van der Waals surface area contributed by atoms with Crippen molar-refractivity contribution in [2.75, 3.05) is 7.05 Å². The predicted octanol–water partition coefficient (Wildman–Crippen LogP) is 3.43. The summed E-state index contributed by atoms with van der Waals surface area (Å²) < 4.78 is 0. The summed E-state index contributed by atoms with van der Waals surface area (Å²) in [6.07, 6.45) is 1.97. The van der Waals surface area contributed by atoms with Crippen LogP contribution >= 0.6 is 11.6 Å². The van der Waals surface area contributed by atoms with E-state index in [-0.39, 0.29) is 28.6 Å². The van der Waals surface area contributed by atoms with Gasteiger partial charge in [-0.05, 0) is 23.5 Å². The zero-order valence-electron chi connectivity index (χ0n) is 12.6. The highest BCUT2D eigenvalue weighted by molar-refractivity contribution is 6.39. The van der Waals surface area contributed by atoms with Crippen molar-refractivity contribution in [2.45, 2.75) is 32.1 Å². The Morgan fingerprint density at radius 3 is 2.48 bits per heavy atom. The number of nitrogens with one attached hydrogen (secondary N) is 1. The van der Waals surface area contributed by atoms with Crippen molar-refractivity contribution in [1.29, 1.82) is 0 Å². The van der Waals surface area contributed by atoms with Gasteiger partial charge >= 0.3 is 0 Å². The van der Waals surface area contributed by atoms with Crippen molar-refractivity contribution in [3.63, 3.8) is 0 Å². The van der Waals surface area contributed by atoms with Crippen molar-refractivity contribution in [2.24, 2.45) is 5.92 Å². The Balaban J connectivity index is 2.56. The van der Waals surface area contributed by atoms with E-state index in [1.54, 1.807) is 12.1 Å². The van der Waals surface area contributed by atoms with E-state index in [0.717, 1.165) is 18.4 Å². The fourth-order valence-corrected chi connectivity index (χ4v) is 3.18. The Kier molecular flexibility index (Phi) is 4.84. The molecule has 1 aliphatic carbocycles. The number of alkyl halides is 1. The van der Waals surface area contributed by atoms with Gasteiger partial charge in [-0.25, -0.2) is 0 Å². The molecule has 0 radical (unpaired) electrons. The lowest BCUT2D eigenvalue weighted by Gasteiger charge is -2.20. The van der Waals surface area contributed by atoms with Crippen LogP contribution in [0.5, 0.6) is 0 Å². The molecule has 1 aromatic rings. The van der Waals surface area contributed by atoms with Crippen LogP contribution in [0, 0.1) is 5.92 Å². The molecular formula is C17H20ClNO2. The second-order valence-electron chi connectivity index (χ2n) is 5.41. The zero-order valence-corrected chi connectivity index (χ0v) is 13.3. The summed E-state index contributed by atoms with van der Waals surface area (Å²) in [5.41, 5.74) is 2.24. The third-order valence-corrected chi connectivity index (χ3v) is 4.58. The van der Waals surface area contributed by atoms with Crippen LogP contribution in [-0.2, 0) is 4.79 Å². The summed E-state index contributed by atoms with van der Waals surface area (Å²) in [5.74, 6) is -0.389. The highest BCUT2D eigenvalue weighted by Crippen LogP contribution is 2.40. The van der Waals surface area contributed by atoms with E-state index >= 15 is 0 Å². The van der Waals surface area contributed by atoms with E-state index in [1.165, 1.54) is 7.05 Å². The number of hydrogen-bond acceptors (Lipinski definition) is 2. The van der Waals surface area contributed by atoms with Gasteiger partial charge in [-0.3, -0.25) is 9.59 Å². The van der Waals surface area contributed by atoms with Crippen molar-refractivity contribution in [1.82, 2.24) is 5.32 Å². The van der Waals surface area contributed by atoms with Crippen molar-refractivity contribution in [3.8, 4) is 0 Å². The lowest BCUT2D eigenvalue weighted by Crippen LogP contribution is -2.25. The van der Waals surface area contributed by atoms with Gasteiger partial charge in [-0.15, -0.1) is 11.6 Å². The Morgan fingerprint density at radius 1 is 1.29 bits per heavy atom. The summed E-state index contributed by atoms with van der Waals surface area (Å²) >= 11 is 6.62. The fourth-order valence-electron chi connectivity index (χ4n) is 2.83. The molecule has 0 bridgehead atoms. The van der Waals surface area contributed by atoms with Crippen LogP contribution in [0.1, 0.15) is 42.6 Å². The van der Waals surface area contributed by atoms with Gasteiger partial charge in [0.15, 0.2) is 5.78 Å². The lowest BCUT2D eigenvalue weighted by atomic mass is 9.91. The number of carbonyl (C=O) groups excluding carboxylic acids is 2. The second kappa shape index (κ2) is 6.44. The first-order valence-electron chi connectivity index (χ1n) is 7.27. The minimum Gasteiger partial charge on any atom is -0.355 e. The Hall–Kier alpha value is -1.61. The zero-order chi connectivity index (χ0) is 15.6. The van der Waals surface area contributed by atoms with Gasteiger partial charge in [0.2, 0.25) is 0 Å². The minimum absolute atomic E-state index is 0.196. The SMILES string of the molecule is CCCC(C)C(Cl)C1=C(C(=O)NC)C(=O)c2ccccc21. The maximum absolute atomic E-state index is 12.5. The molecule has 4 heteroatoms. The van der Waals surface area contributed by atoms with Crippen LogP contribution in [0.15, 0.2) is 29.8 Å². The number of fused-ring (bicyclic) bond motifs is 1. The number of rotatable bonds is 5. The molecule has 112 valence electrons. The van der Waals surface area contributed by atoms with Gasteiger partial charge in [-0.2, -0.15) is 0 Å². The Bertz CT molecular complexity index is 607. The molecule has 0 saturated heterocycles. The number of amides is 1. The predicted molar refractivity (Wildman–Crippen MR) is 85.5 cm³/mol. The molecule has 21 heavy (non-hydrogen) atoms. The summed E-state index contributed by atoms with van der Waals surface area (Å²) in [4.78, 5) is 24.7. The monoisotopic (exact) mass is 305 g/mol. The van der Waals surface area contributed by atoms with Crippen molar-refractivity contribution < 1.29 is 9.59 Å². The second-order valence-corrected chi connectivity index (χ2v) is 5.88. The normalized spacial score (nSPS) is 16.7. The Morgan fingerprint density at radius 2 is 1.90 bits per heavy atom. The number of allylic oxidation sites excluding steroid dienone is 1. The molecule has 1 N–H and O–H groups in total. The van der Waals surface area contributed by atoms with Crippen LogP contribution in [0.3, 0.4) is 0 Å². The summed E-state index contributed by atoms with van der Waals surface area (Å²) in [5, 5.41) is 2.21. The molecule has 0 aromatic heterocycles. The molecule has 3 nitrogen and oxygen atoms in total. The largest absolute Gasteiger partial charge is 0.355 e. The number of Topliss-reactive ketones (excluding diaryl/α,β-unsaturated/α-hetero) is 1. The number of benzene rings is 1. The summed E-state index contributed by atoms with van der Waals surface area (Å²) in [6.45, 7) is 4.16. The first kappa shape index (κ1) is 15.8. The number of carbonyl (C=O) groups is 2. The molecule has 0 aliphatic heterocycles. The van der Waals surface area contributed by atoms with Gasteiger partial charge < -0.3 is 5.32 Å². The number of likely N-dealkylation sites (N-methyl/N-ethyl adjacent to an activating group) is 1. The molecule has 1 aliphatic rings. The van der Waals surface area contributed by atoms with Gasteiger partial charge in [0.05, 0.1) is 11.0 Å². The highest BCUT2D eigenvalue weighted by atomic mass is 35.5. The quantitative estimate of drug-likeness (QED) is 0.669. The highest BCUT2D eigenvalue weighted by Gasteiger charge is 2.37. The van der Waals surface area contributed by atoms with E-state index in [2.05, 4.69) is 19.2 Å².